The van der Waals surface area contributed by atoms with Gasteiger partial charge in [0.05, 0.1) is 6.20 Å². The molecule has 0 bridgehead atoms. The van der Waals surface area contributed by atoms with Crippen LogP contribution >= 0.6 is 0 Å². The Balaban J connectivity index is 0.000000686. The molecule has 0 radical (unpaired) electrons. The molecule has 0 aromatic carbocycles. The van der Waals surface area contributed by atoms with Gasteiger partial charge in [0.25, 0.3) is 5.91 Å². The van der Waals surface area contributed by atoms with Gasteiger partial charge in [-0.15, -0.1) is 0 Å². The Bertz CT molecular complexity index is 336. The summed E-state index contributed by atoms with van der Waals surface area (Å²) >= 11 is 0. The molecule has 1 aromatic heterocycles. The molecule has 1 heterocycles. The van der Waals surface area contributed by atoms with Gasteiger partial charge in [-0.2, -0.15) is 0 Å². The molecule has 1 unspecified atom stereocenters. The summed E-state index contributed by atoms with van der Waals surface area (Å²) in [7, 11) is 0. The number of nitrogens with one attached hydrogen (secondary N) is 1. The first-order valence-corrected chi connectivity index (χ1v) is 6.32. The predicted octanol–water partition coefficient (Wildman–Crippen LogP) is 2.42. The van der Waals surface area contributed by atoms with Gasteiger partial charge in [-0.25, -0.2) is 4.98 Å². The summed E-state index contributed by atoms with van der Waals surface area (Å²) in [5.74, 6) is 0.693. The van der Waals surface area contributed by atoms with E-state index in [-0.39, 0.29) is 11.9 Å². The third kappa shape index (κ3) is 4.93. The maximum absolute atomic E-state index is 11.6. The smallest absolute Gasteiger partial charge is 0.271 e. The van der Waals surface area contributed by atoms with E-state index in [9.17, 15) is 4.79 Å². The molecule has 1 saturated carbocycles. The maximum atomic E-state index is 11.6. The first-order chi connectivity index (χ1) is 8.25. The summed E-state index contributed by atoms with van der Waals surface area (Å²) in [6.07, 6.45) is 8.27. The molecule has 17 heavy (non-hydrogen) atoms. The fourth-order valence-electron chi connectivity index (χ4n) is 1.63. The van der Waals surface area contributed by atoms with E-state index >= 15 is 0 Å². The van der Waals surface area contributed by atoms with Crippen LogP contribution in [0.3, 0.4) is 0 Å². The number of aromatic nitrogens is 2. The van der Waals surface area contributed by atoms with Crippen LogP contribution in [-0.2, 0) is 0 Å². The van der Waals surface area contributed by atoms with Crippen LogP contribution in [0.2, 0.25) is 0 Å². The van der Waals surface area contributed by atoms with Crippen molar-refractivity contribution < 1.29 is 4.79 Å². The number of carbonyl (C=O) groups is 1. The molecule has 2 rings (SSSR count). The van der Waals surface area contributed by atoms with Gasteiger partial charge < -0.3 is 5.32 Å². The molecule has 0 saturated heterocycles. The summed E-state index contributed by atoms with van der Waals surface area (Å²) in [5.41, 5.74) is 0.389. The molecular weight excluding hydrogens is 214 g/mol. The number of hydrogen-bond acceptors (Lipinski definition) is 3. The first-order valence-electron chi connectivity index (χ1n) is 6.32. The van der Waals surface area contributed by atoms with E-state index in [1.807, 2.05) is 20.8 Å². The van der Waals surface area contributed by atoms with Gasteiger partial charge >= 0.3 is 0 Å². The first kappa shape index (κ1) is 13.6. The third-order valence-corrected chi connectivity index (χ3v) is 2.56. The molecule has 0 aliphatic heterocycles. The Labute approximate surface area is 103 Å². The zero-order valence-corrected chi connectivity index (χ0v) is 10.8. The van der Waals surface area contributed by atoms with Crippen LogP contribution in [0.1, 0.15) is 50.5 Å². The molecule has 4 heteroatoms. The van der Waals surface area contributed by atoms with Crippen LogP contribution in [-0.4, -0.2) is 21.9 Å². The molecule has 1 aliphatic rings. The second-order valence-electron chi connectivity index (χ2n) is 4.14. The zero-order chi connectivity index (χ0) is 12.7. The van der Waals surface area contributed by atoms with Gasteiger partial charge in [-0.3, -0.25) is 9.78 Å². The van der Waals surface area contributed by atoms with Crippen molar-refractivity contribution in [3.63, 3.8) is 0 Å². The van der Waals surface area contributed by atoms with Crippen molar-refractivity contribution in [1.82, 2.24) is 15.3 Å². The second kappa shape index (κ2) is 6.99. The molecule has 1 N–H and O–H groups in total. The lowest BCUT2D eigenvalue weighted by molar-refractivity contribution is 0.0932. The van der Waals surface area contributed by atoms with Crippen molar-refractivity contribution in [2.75, 3.05) is 0 Å². The van der Waals surface area contributed by atoms with E-state index in [4.69, 9.17) is 0 Å². The lowest BCUT2D eigenvalue weighted by Gasteiger charge is -2.12. The maximum Gasteiger partial charge on any atom is 0.271 e. The molecule has 1 atom stereocenters. The third-order valence-electron chi connectivity index (χ3n) is 2.56. The average molecular weight is 235 g/mol. The van der Waals surface area contributed by atoms with Crippen LogP contribution < -0.4 is 5.32 Å². The van der Waals surface area contributed by atoms with Crippen molar-refractivity contribution in [2.24, 2.45) is 5.92 Å². The molecule has 1 fully saturated rings. The summed E-state index contributed by atoms with van der Waals surface area (Å²) in [4.78, 5) is 19.5. The van der Waals surface area contributed by atoms with E-state index in [0.717, 1.165) is 12.3 Å². The van der Waals surface area contributed by atoms with Gasteiger partial charge in [0.1, 0.15) is 5.69 Å². The number of hydrogen-bond donors (Lipinski definition) is 1. The van der Waals surface area contributed by atoms with Gasteiger partial charge in [-0.05, 0) is 19.3 Å². The van der Waals surface area contributed by atoms with Gasteiger partial charge in [-0.1, -0.05) is 26.7 Å². The van der Waals surface area contributed by atoms with Crippen LogP contribution in [0.4, 0.5) is 0 Å². The monoisotopic (exact) mass is 235 g/mol. The van der Waals surface area contributed by atoms with Crippen LogP contribution in [0.15, 0.2) is 18.6 Å². The Morgan fingerprint density at radius 1 is 1.47 bits per heavy atom. The fourth-order valence-corrected chi connectivity index (χ4v) is 1.63. The van der Waals surface area contributed by atoms with Crippen LogP contribution in [0.5, 0.6) is 0 Å². The minimum Gasteiger partial charge on any atom is -0.348 e. The normalized spacial score (nSPS) is 15.5. The Hall–Kier alpha value is -1.45. The Morgan fingerprint density at radius 3 is 2.71 bits per heavy atom. The lowest BCUT2D eigenvalue weighted by Crippen LogP contribution is -2.33. The van der Waals surface area contributed by atoms with E-state index in [1.165, 1.54) is 25.2 Å². The zero-order valence-electron chi connectivity index (χ0n) is 10.8. The largest absolute Gasteiger partial charge is 0.348 e. The highest BCUT2D eigenvalue weighted by molar-refractivity contribution is 5.92. The van der Waals surface area contributed by atoms with Crippen LogP contribution in [0.25, 0.3) is 0 Å². The van der Waals surface area contributed by atoms with Gasteiger partial charge in [0.15, 0.2) is 0 Å². The van der Waals surface area contributed by atoms with E-state index in [1.54, 1.807) is 6.20 Å². The highest BCUT2D eigenvalue weighted by Crippen LogP contribution is 2.33. The minimum absolute atomic E-state index is 0.128. The van der Waals surface area contributed by atoms with Crippen molar-refractivity contribution in [3.8, 4) is 0 Å². The van der Waals surface area contributed by atoms with Crippen molar-refractivity contribution in [1.29, 1.82) is 0 Å². The minimum atomic E-state index is -0.128. The quantitative estimate of drug-likeness (QED) is 0.872. The Kier molecular flexibility index (Phi) is 5.60. The fraction of sp³-hybridized carbons (Fsp3) is 0.615. The van der Waals surface area contributed by atoms with E-state index in [0.29, 0.717) is 5.69 Å². The summed E-state index contributed by atoms with van der Waals surface area (Å²) < 4.78 is 0. The number of rotatable bonds is 4. The van der Waals surface area contributed by atoms with Gasteiger partial charge in [0, 0.05) is 18.4 Å². The summed E-state index contributed by atoms with van der Waals surface area (Å²) in [5, 5.41) is 2.93. The predicted molar refractivity (Wildman–Crippen MR) is 67.6 cm³/mol. The summed E-state index contributed by atoms with van der Waals surface area (Å²) in [6, 6.07) is 0.229. The number of nitrogens with zero attached hydrogens (tertiary/aromatic N) is 2. The SMILES string of the molecule is CC.CC(CC1CC1)NC(=O)c1cnccn1. The highest BCUT2D eigenvalue weighted by atomic mass is 16.1. The van der Waals surface area contributed by atoms with Crippen molar-refractivity contribution in [2.45, 2.75) is 46.1 Å². The lowest BCUT2D eigenvalue weighted by atomic mass is 10.1. The molecule has 1 amide bonds. The topological polar surface area (TPSA) is 54.9 Å². The van der Waals surface area contributed by atoms with Crippen molar-refractivity contribution in [3.05, 3.63) is 24.3 Å². The van der Waals surface area contributed by atoms with Crippen LogP contribution in [0, 0.1) is 5.92 Å². The molecule has 4 nitrogen and oxygen atoms in total. The second-order valence-corrected chi connectivity index (χ2v) is 4.14. The summed E-state index contributed by atoms with van der Waals surface area (Å²) in [6.45, 7) is 6.03. The molecule has 1 aliphatic carbocycles. The van der Waals surface area contributed by atoms with E-state index < -0.39 is 0 Å². The van der Waals surface area contributed by atoms with E-state index in [2.05, 4.69) is 15.3 Å². The molecule has 0 spiro atoms. The molecule has 1 aromatic rings. The molecular formula is C13H21N3O. The van der Waals surface area contributed by atoms with Gasteiger partial charge in [0.2, 0.25) is 0 Å². The molecule has 94 valence electrons. The highest BCUT2D eigenvalue weighted by Gasteiger charge is 2.24. The number of carbonyl (C=O) groups excluding carboxylic acids is 1. The average Bonchev–Trinajstić information content (AvgIpc) is 3.16. The Morgan fingerprint density at radius 2 is 2.18 bits per heavy atom. The standard InChI is InChI=1S/C11H15N3O.C2H6/c1-8(6-9-2-3-9)14-11(15)10-7-12-4-5-13-10;1-2/h4-5,7-9H,2-3,6H2,1H3,(H,14,15);1-2H3. The van der Waals surface area contributed by atoms with Crippen molar-refractivity contribution >= 4 is 5.91 Å². The number of amides is 1.